The number of nitrogens with zero attached hydrogens (tertiary/aromatic N) is 2. The Balaban J connectivity index is 2.65. The van der Waals surface area contributed by atoms with Gasteiger partial charge in [0, 0.05) is 6.20 Å². The van der Waals surface area contributed by atoms with Gasteiger partial charge in [0.2, 0.25) is 0 Å². The fraction of sp³-hybridized carbons (Fsp3) is 0.333. The van der Waals surface area contributed by atoms with Gasteiger partial charge in [0.1, 0.15) is 0 Å². The molecule has 1 heterocycles. The minimum atomic E-state index is 0.572. The third-order valence-corrected chi connectivity index (χ3v) is 1.46. The molecule has 2 N–H and O–H groups in total. The first-order valence-electron chi connectivity index (χ1n) is 3.86. The number of hydrogen-bond donors (Lipinski definition) is 1. The predicted octanol–water partition coefficient (Wildman–Crippen LogP) is 1.27. The second-order valence-corrected chi connectivity index (χ2v) is 2.78. The van der Waals surface area contributed by atoms with Crippen LogP contribution in [-0.2, 0) is 6.54 Å². The average molecular weight is 163 g/mol. The van der Waals surface area contributed by atoms with E-state index in [0.29, 0.717) is 12.4 Å². The number of aryl methyl sites for hydroxylation is 1. The average Bonchev–Trinajstić information content (AvgIpc) is 2.03. The fourth-order valence-corrected chi connectivity index (χ4v) is 0.798. The van der Waals surface area contributed by atoms with Crippen LogP contribution in [0.5, 0.6) is 0 Å². The van der Waals surface area contributed by atoms with Gasteiger partial charge in [-0.3, -0.25) is 9.98 Å². The van der Waals surface area contributed by atoms with Gasteiger partial charge in [-0.2, -0.15) is 0 Å². The lowest BCUT2D eigenvalue weighted by Gasteiger charge is -1.96. The highest BCUT2D eigenvalue weighted by Crippen LogP contribution is 1.99. The van der Waals surface area contributed by atoms with Crippen LogP contribution in [0.25, 0.3) is 0 Å². The summed E-state index contributed by atoms with van der Waals surface area (Å²) >= 11 is 0. The van der Waals surface area contributed by atoms with Gasteiger partial charge in [-0.25, -0.2) is 0 Å². The summed E-state index contributed by atoms with van der Waals surface area (Å²) in [5, 5.41) is 0. The molecule has 0 atom stereocenters. The number of amidine groups is 1. The molecule has 0 saturated carbocycles. The van der Waals surface area contributed by atoms with Crippen molar-refractivity contribution in [3.05, 3.63) is 29.6 Å². The van der Waals surface area contributed by atoms with Gasteiger partial charge >= 0.3 is 0 Å². The molecule has 0 aliphatic rings. The molecule has 0 fully saturated rings. The van der Waals surface area contributed by atoms with Crippen LogP contribution in [0.15, 0.2) is 23.3 Å². The first-order valence-corrected chi connectivity index (χ1v) is 3.86. The van der Waals surface area contributed by atoms with Crippen LogP contribution < -0.4 is 5.73 Å². The van der Waals surface area contributed by atoms with Crippen LogP contribution in [0.3, 0.4) is 0 Å². The first kappa shape index (κ1) is 8.71. The number of pyridine rings is 1. The third kappa shape index (κ3) is 2.70. The van der Waals surface area contributed by atoms with Crippen molar-refractivity contribution in [3.8, 4) is 0 Å². The Hall–Kier alpha value is -1.38. The zero-order valence-corrected chi connectivity index (χ0v) is 7.41. The van der Waals surface area contributed by atoms with Gasteiger partial charge in [0.25, 0.3) is 0 Å². The summed E-state index contributed by atoms with van der Waals surface area (Å²) in [4.78, 5) is 8.24. The summed E-state index contributed by atoms with van der Waals surface area (Å²) in [5.74, 6) is 0.595. The van der Waals surface area contributed by atoms with Gasteiger partial charge < -0.3 is 5.73 Å². The predicted molar refractivity (Wildman–Crippen MR) is 50.0 cm³/mol. The van der Waals surface area contributed by atoms with E-state index in [2.05, 4.69) is 9.98 Å². The standard InChI is InChI=1S/C9H13N3/c1-7-3-4-9(12-5-7)6-11-8(2)10/h3-5H,6H2,1-2H3,(H2,10,11). The zero-order chi connectivity index (χ0) is 8.97. The lowest BCUT2D eigenvalue weighted by Crippen LogP contribution is -2.05. The Morgan fingerprint density at radius 2 is 2.33 bits per heavy atom. The van der Waals surface area contributed by atoms with Crippen molar-refractivity contribution < 1.29 is 0 Å². The molecule has 3 heteroatoms. The molecule has 0 unspecified atom stereocenters. The van der Waals surface area contributed by atoms with E-state index in [1.54, 1.807) is 6.92 Å². The molecule has 0 aromatic carbocycles. The molecule has 0 amide bonds. The van der Waals surface area contributed by atoms with Crippen LogP contribution in [-0.4, -0.2) is 10.8 Å². The van der Waals surface area contributed by atoms with E-state index in [1.165, 1.54) is 0 Å². The van der Waals surface area contributed by atoms with Crippen LogP contribution >= 0.6 is 0 Å². The highest BCUT2D eigenvalue weighted by molar-refractivity contribution is 5.77. The molecule has 0 radical (unpaired) electrons. The molecule has 0 saturated heterocycles. The normalized spacial score (nSPS) is 11.7. The van der Waals surface area contributed by atoms with Gasteiger partial charge in [0.15, 0.2) is 0 Å². The van der Waals surface area contributed by atoms with E-state index in [9.17, 15) is 0 Å². The Morgan fingerprint density at radius 3 is 2.83 bits per heavy atom. The van der Waals surface area contributed by atoms with Crippen molar-refractivity contribution in [2.45, 2.75) is 20.4 Å². The minimum Gasteiger partial charge on any atom is -0.388 e. The van der Waals surface area contributed by atoms with E-state index >= 15 is 0 Å². The number of aliphatic imine (C=N–C) groups is 1. The lowest BCUT2D eigenvalue weighted by atomic mass is 10.3. The van der Waals surface area contributed by atoms with Crippen LogP contribution in [0.1, 0.15) is 18.2 Å². The maximum absolute atomic E-state index is 5.39. The van der Waals surface area contributed by atoms with E-state index in [1.807, 2.05) is 25.3 Å². The molecule has 1 aromatic heterocycles. The summed E-state index contributed by atoms with van der Waals surface area (Å²) in [7, 11) is 0. The summed E-state index contributed by atoms with van der Waals surface area (Å²) < 4.78 is 0. The smallest absolute Gasteiger partial charge is 0.0910 e. The third-order valence-electron chi connectivity index (χ3n) is 1.46. The van der Waals surface area contributed by atoms with E-state index in [0.717, 1.165) is 11.3 Å². The molecule has 0 bridgehead atoms. The van der Waals surface area contributed by atoms with E-state index < -0.39 is 0 Å². The van der Waals surface area contributed by atoms with Gasteiger partial charge in [-0.15, -0.1) is 0 Å². The molecule has 1 rings (SSSR count). The summed E-state index contributed by atoms with van der Waals surface area (Å²) in [6.45, 7) is 4.35. The second-order valence-electron chi connectivity index (χ2n) is 2.78. The van der Waals surface area contributed by atoms with Gasteiger partial charge in [0.05, 0.1) is 18.1 Å². The zero-order valence-electron chi connectivity index (χ0n) is 7.41. The van der Waals surface area contributed by atoms with Crippen molar-refractivity contribution >= 4 is 5.84 Å². The van der Waals surface area contributed by atoms with Crippen LogP contribution in [0.2, 0.25) is 0 Å². The summed E-state index contributed by atoms with van der Waals surface area (Å²) in [6, 6.07) is 3.98. The second kappa shape index (κ2) is 3.85. The van der Waals surface area contributed by atoms with Crippen molar-refractivity contribution in [2.75, 3.05) is 0 Å². The fourth-order valence-electron chi connectivity index (χ4n) is 0.798. The maximum atomic E-state index is 5.39. The lowest BCUT2D eigenvalue weighted by molar-refractivity contribution is 0.979. The highest BCUT2D eigenvalue weighted by atomic mass is 14.9. The Labute approximate surface area is 72.3 Å². The van der Waals surface area contributed by atoms with E-state index in [4.69, 9.17) is 5.73 Å². The first-order chi connectivity index (χ1) is 5.68. The number of nitrogens with two attached hydrogens (primary N) is 1. The van der Waals surface area contributed by atoms with Crippen molar-refractivity contribution in [2.24, 2.45) is 10.7 Å². The van der Waals surface area contributed by atoms with Gasteiger partial charge in [-0.05, 0) is 25.5 Å². The van der Waals surface area contributed by atoms with Crippen molar-refractivity contribution in [3.63, 3.8) is 0 Å². The molecule has 3 nitrogen and oxygen atoms in total. The molecule has 1 aromatic rings. The van der Waals surface area contributed by atoms with Crippen molar-refractivity contribution in [1.29, 1.82) is 0 Å². The molecular weight excluding hydrogens is 150 g/mol. The Bertz CT molecular complexity index is 270. The number of rotatable bonds is 2. The molecular formula is C9H13N3. The summed E-state index contributed by atoms with van der Waals surface area (Å²) in [6.07, 6.45) is 1.83. The van der Waals surface area contributed by atoms with Gasteiger partial charge in [-0.1, -0.05) is 6.07 Å². The van der Waals surface area contributed by atoms with E-state index in [-0.39, 0.29) is 0 Å². The molecule has 12 heavy (non-hydrogen) atoms. The summed E-state index contributed by atoms with van der Waals surface area (Å²) in [5.41, 5.74) is 7.50. The quantitative estimate of drug-likeness (QED) is 0.527. The SMILES string of the molecule is CC(N)=NCc1ccc(C)cn1. The maximum Gasteiger partial charge on any atom is 0.0910 e. The highest BCUT2D eigenvalue weighted by Gasteiger charge is 1.90. The molecule has 64 valence electrons. The van der Waals surface area contributed by atoms with Crippen LogP contribution in [0, 0.1) is 6.92 Å². The van der Waals surface area contributed by atoms with Crippen molar-refractivity contribution in [1.82, 2.24) is 4.98 Å². The Morgan fingerprint density at radius 1 is 1.58 bits per heavy atom. The monoisotopic (exact) mass is 163 g/mol. The number of aromatic nitrogens is 1. The number of hydrogen-bond acceptors (Lipinski definition) is 2. The molecule has 0 aliphatic heterocycles. The minimum absolute atomic E-state index is 0.572. The molecule has 0 aliphatic carbocycles. The largest absolute Gasteiger partial charge is 0.388 e. The topological polar surface area (TPSA) is 51.3 Å². The Kier molecular flexibility index (Phi) is 2.80. The molecule has 0 spiro atoms. The van der Waals surface area contributed by atoms with Crippen LogP contribution in [0.4, 0.5) is 0 Å².